The van der Waals surface area contributed by atoms with Gasteiger partial charge in [0.25, 0.3) is 11.5 Å². The Labute approximate surface area is 173 Å². The number of para-hydroxylation sites is 1. The van der Waals surface area contributed by atoms with Gasteiger partial charge in [-0.15, -0.1) is 0 Å². The molecular formula is C21H24N6O3. The van der Waals surface area contributed by atoms with Gasteiger partial charge in [-0.2, -0.15) is 10.2 Å². The zero-order valence-electron chi connectivity index (χ0n) is 17.0. The Bertz CT molecular complexity index is 1180. The molecule has 0 bridgehead atoms. The molecule has 0 saturated carbocycles. The second-order valence-corrected chi connectivity index (χ2v) is 7.69. The minimum atomic E-state index is -0.246. The predicted octanol–water partition coefficient (Wildman–Crippen LogP) is 1.06. The summed E-state index contributed by atoms with van der Waals surface area (Å²) in [5.74, 6) is 0.861. The van der Waals surface area contributed by atoms with E-state index in [1.165, 1.54) is 23.9 Å². The summed E-state index contributed by atoms with van der Waals surface area (Å²) in [5.41, 5.74) is 1.62. The molecule has 1 N–H and O–H groups in total. The molecule has 0 spiro atoms. The Morgan fingerprint density at radius 3 is 2.57 bits per heavy atom. The molecule has 1 amide bonds. The van der Waals surface area contributed by atoms with Gasteiger partial charge in [0.1, 0.15) is 11.5 Å². The minimum absolute atomic E-state index is 0.166. The molecule has 0 atom stereocenters. The van der Waals surface area contributed by atoms with Crippen LogP contribution in [0.5, 0.6) is 0 Å². The highest BCUT2D eigenvalue weighted by Gasteiger charge is 2.26. The van der Waals surface area contributed by atoms with Crippen molar-refractivity contribution in [1.29, 1.82) is 0 Å². The highest BCUT2D eigenvalue weighted by molar-refractivity contribution is 5.92. The molecule has 0 aliphatic carbocycles. The molecule has 4 rings (SSSR count). The molecule has 3 aromatic rings. The number of carbonyl (C=O) groups excluding carboxylic acids is 1. The fraction of sp³-hybridized carbons (Fsp3) is 0.381. The summed E-state index contributed by atoms with van der Waals surface area (Å²) in [4.78, 5) is 38.3. The molecule has 1 saturated heterocycles. The normalized spacial score (nSPS) is 14.8. The second kappa shape index (κ2) is 8.10. The predicted molar refractivity (Wildman–Crippen MR) is 111 cm³/mol. The Hall–Kier alpha value is -3.49. The fourth-order valence-corrected chi connectivity index (χ4v) is 3.91. The Kier molecular flexibility index (Phi) is 5.35. The lowest BCUT2D eigenvalue weighted by Gasteiger charge is -2.31. The summed E-state index contributed by atoms with van der Waals surface area (Å²) < 4.78 is 2.81. The first kappa shape index (κ1) is 19.8. The Morgan fingerprint density at radius 1 is 1.13 bits per heavy atom. The van der Waals surface area contributed by atoms with E-state index in [-0.39, 0.29) is 22.9 Å². The van der Waals surface area contributed by atoms with Crippen molar-refractivity contribution in [1.82, 2.24) is 29.4 Å². The Morgan fingerprint density at radius 2 is 1.87 bits per heavy atom. The van der Waals surface area contributed by atoms with Crippen LogP contribution in [-0.2, 0) is 13.5 Å². The van der Waals surface area contributed by atoms with Crippen LogP contribution >= 0.6 is 0 Å². The van der Waals surface area contributed by atoms with Crippen LogP contribution in [-0.4, -0.2) is 48.4 Å². The van der Waals surface area contributed by atoms with E-state index >= 15 is 0 Å². The van der Waals surface area contributed by atoms with Gasteiger partial charge in [-0.25, -0.2) is 19.1 Å². The lowest BCUT2D eigenvalue weighted by molar-refractivity contribution is 0.0681. The molecule has 0 radical (unpaired) electrons. The van der Waals surface area contributed by atoms with Crippen LogP contribution in [0.15, 0.2) is 46.0 Å². The number of hydrogen-bond acceptors (Lipinski definition) is 5. The lowest BCUT2D eigenvalue weighted by Crippen LogP contribution is -2.40. The van der Waals surface area contributed by atoms with Gasteiger partial charge in [0.05, 0.1) is 5.69 Å². The molecule has 156 valence electrons. The molecule has 0 unspecified atom stereocenters. The van der Waals surface area contributed by atoms with Crippen molar-refractivity contribution in [3.63, 3.8) is 0 Å². The minimum Gasteiger partial charge on any atom is -0.337 e. The number of amides is 1. The van der Waals surface area contributed by atoms with Crippen LogP contribution in [0.25, 0.3) is 5.69 Å². The number of likely N-dealkylation sites (tertiary alicyclic amines) is 1. The summed E-state index contributed by atoms with van der Waals surface area (Å²) in [7, 11) is 1.53. The van der Waals surface area contributed by atoms with E-state index in [9.17, 15) is 14.4 Å². The third-order valence-corrected chi connectivity index (χ3v) is 5.65. The summed E-state index contributed by atoms with van der Waals surface area (Å²) in [6.45, 7) is 3.18. The number of rotatable bonds is 4. The number of nitrogens with one attached hydrogen (secondary N) is 1. The highest BCUT2D eigenvalue weighted by atomic mass is 16.2. The molecule has 1 aliphatic rings. The molecule has 30 heavy (non-hydrogen) atoms. The largest absolute Gasteiger partial charge is 0.347 e. The smallest absolute Gasteiger partial charge is 0.337 e. The number of benzene rings is 1. The van der Waals surface area contributed by atoms with E-state index in [2.05, 4.69) is 15.3 Å². The fourth-order valence-electron chi connectivity index (χ4n) is 3.91. The van der Waals surface area contributed by atoms with Crippen LogP contribution in [0.4, 0.5) is 0 Å². The number of piperidine rings is 1. The first-order valence-corrected chi connectivity index (χ1v) is 10.00. The maximum Gasteiger partial charge on any atom is 0.347 e. The highest BCUT2D eigenvalue weighted by Crippen LogP contribution is 2.23. The van der Waals surface area contributed by atoms with Crippen LogP contribution < -0.4 is 11.2 Å². The van der Waals surface area contributed by atoms with E-state index in [0.717, 1.165) is 24.1 Å². The maximum atomic E-state index is 12.7. The second-order valence-electron chi connectivity index (χ2n) is 7.69. The average molecular weight is 408 g/mol. The van der Waals surface area contributed by atoms with E-state index in [0.29, 0.717) is 31.3 Å². The summed E-state index contributed by atoms with van der Waals surface area (Å²) in [5, 5.41) is 10.9. The quantitative estimate of drug-likeness (QED) is 0.695. The van der Waals surface area contributed by atoms with Gasteiger partial charge in [0.2, 0.25) is 0 Å². The van der Waals surface area contributed by atoms with Gasteiger partial charge < -0.3 is 4.90 Å². The van der Waals surface area contributed by atoms with Gasteiger partial charge in [-0.05, 0) is 43.4 Å². The zero-order chi connectivity index (χ0) is 21.3. The third kappa shape index (κ3) is 3.83. The van der Waals surface area contributed by atoms with E-state index < -0.39 is 0 Å². The number of carbonyl (C=O) groups is 1. The molecule has 3 heterocycles. The summed E-state index contributed by atoms with van der Waals surface area (Å²) >= 11 is 0. The average Bonchev–Trinajstić information content (AvgIpc) is 3.10. The van der Waals surface area contributed by atoms with Crippen molar-refractivity contribution in [2.75, 3.05) is 13.1 Å². The molecule has 9 heteroatoms. The Balaban J connectivity index is 1.44. The molecular weight excluding hydrogens is 384 g/mol. The molecule has 1 fully saturated rings. The number of hydrogen-bond donors (Lipinski definition) is 1. The van der Waals surface area contributed by atoms with Gasteiger partial charge in [-0.3, -0.25) is 9.59 Å². The van der Waals surface area contributed by atoms with E-state index in [1.807, 2.05) is 31.2 Å². The maximum absolute atomic E-state index is 12.7. The number of H-pyrrole nitrogens is 1. The van der Waals surface area contributed by atoms with Crippen LogP contribution in [0.2, 0.25) is 0 Å². The molecule has 1 aromatic carbocycles. The first-order chi connectivity index (χ1) is 14.4. The summed E-state index contributed by atoms with van der Waals surface area (Å²) in [6, 6.07) is 10.6. The van der Waals surface area contributed by atoms with Crippen LogP contribution in [0.3, 0.4) is 0 Å². The van der Waals surface area contributed by atoms with Gasteiger partial charge in [-0.1, -0.05) is 18.2 Å². The van der Waals surface area contributed by atoms with Gasteiger partial charge >= 0.3 is 5.69 Å². The van der Waals surface area contributed by atoms with Crippen molar-refractivity contribution in [2.24, 2.45) is 13.0 Å². The van der Waals surface area contributed by atoms with Crippen LogP contribution in [0, 0.1) is 12.8 Å². The number of aromatic amines is 1. The third-order valence-electron chi connectivity index (χ3n) is 5.65. The monoisotopic (exact) mass is 408 g/mol. The van der Waals surface area contributed by atoms with Gasteiger partial charge in [0.15, 0.2) is 0 Å². The SMILES string of the molecule is Cc1ccccc1-n1c(CC2CCN(C(=O)c3ccc(=O)n(C)n3)CC2)n[nH]c1=O. The topological polar surface area (TPSA) is 106 Å². The van der Waals surface area contributed by atoms with Crippen LogP contribution in [0.1, 0.15) is 34.7 Å². The molecule has 1 aliphatic heterocycles. The number of aromatic nitrogens is 5. The molecule has 2 aromatic heterocycles. The first-order valence-electron chi connectivity index (χ1n) is 10.00. The van der Waals surface area contributed by atoms with Crippen molar-refractivity contribution in [3.05, 3.63) is 74.3 Å². The lowest BCUT2D eigenvalue weighted by atomic mass is 9.93. The van der Waals surface area contributed by atoms with Crippen molar-refractivity contribution in [3.8, 4) is 5.69 Å². The number of aryl methyl sites for hydroxylation is 2. The van der Waals surface area contributed by atoms with Gasteiger partial charge in [0, 0.05) is 32.6 Å². The van der Waals surface area contributed by atoms with Crippen molar-refractivity contribution in [2.45, 2.75) is 26.2 Å². The van der Waals surface area contributed by atoms with Crippen molar-refractivity contribution < 1.29 is 4.79 Å². The standard InChI is InChI=1S/C21H24N6O3/c1-14-5-3-4-6-17(14)27-18(22-23-21(27)30)13-15-9-11-26(12-10-15)20(29)16-7-8-19(28)25(2)24-16/h3-8,15H,9-13H2,1-2H3,(H,23,30). The van der Waals surface area contributed by atoms with E-state index in [1.54, 1.807) is 9.47 Å². The molecule has 9 nitrogen and oxygen atoms in total. The van der Waals surface area contributed by atoms with E-state index in [4.69, 9.17) is 0 Å². The van der Waals surface area contributed by atoms with Crippen molar-refractivity contribution >= 4 is 5.91 Å². The summed E-state index contributed by atoms with van der Waals surface area (Å²) in [6.07, 6.45) is 2.28. The number of nitrogens with zero attached hydrogens (tertiary/aromatic N) is 5. The zero-order valence-corrected chi connectivity index (χ0v) is 17.0.